The SMILES string of the molecule is COc1ncccc1CNC(=O)c1ccccc1Cl. The maximum atomic E-state index is 12.0. The van der Waals surface area contributed by atoms with E-state index >= 15 is 0 Å². The van der Waals surface area contributed by atoms with E-state index in [0.29, 0.717) is 23.0 Å². The number of rotatable bonds is 4. The summed E-state index contributed by atoms with van der Waals surface area (Å²) in [6, 6.07) is 10.5. The van der Waals surface area contributed by atoms with Crippen LogP contribution in [0.4, 0.5) is 0 Å². The molecule has 0 atom stereocenters. The molecule has 1 aromatic heterocycles. The van der Waals surface area contributed by atoms with Crippen LogP contribution < -0.4 is 10.1 Å². The van der Waals surface area contributed by atoms with Crippen LogP contribution in [0.2, 0.25) is 5.02 Å². The summed E-state index contributed by atoms with van der Waals surface area (Å²) in [5.74, 6) is 0.276. The van der Waals surface area contributed by atoms with Gasteiger partial charge in [-0.3, -0.25) is 4.79 Å². The minimum absolute atomic E-state index is 0.225. The van der Waals surface area contributed by atoms with Gasteiger partial charge in [0.2, 0.25) is 5.88 Å². The van der Waals surface area contributed by atoms with E-state index in [9.17, 15) is 4.79 Å². The Bertz CT molecular complexity index is 587. The summed E-state index contributed by atoms with van der Waals surface area (Å²) >= 11 is 5.96. The Morgan fingerprint density at radius 3 is 2.84 bits per heavy atom. The van der Waals surface area contributed by atoms with Crippen molar-refractivity contribution in [1.82, 2.24) is 10.3 Å². The smallest absolute Gasteiger partial charge is 0.253 e. The number of hydrogen-bond acceptors (Lipinski definition) is 3. The van der Waals surface area contributed by atoms with E-state index in [4.69, 9.17) is 16.3 Å². The summed E-state index contributed by atoms with van der Waals surface area (Å²) in [5, 5.41) is 3.22. The van der Waals surface area contributed by atoms with Gasteiger partial charge in [0.15, 0.2) is 0 Å². The molecule has 0 saturated carbocycles. The number of nitrogens with one attached hydrogen (secondary N) is 1. The van der Waals surface area contributed by atoms with Crippen LogP contribution in [0.5, 0.6) is 5.88 Å². The van der Waals surface area contributed by atoms with Crippen LogP contribution in [0.15, 0.2) is 42.6 Å². The lowest BCUT2D eigenvalue weighted by atomic mass is 10.2. The van der Waals surface area contributed by atoms with Gasteiger partial charge in [-0.25, -0.2) is 4.98 Å². The molecule has 5 heteroatoms. The number of ether oxygens (including phenoxy) is 1. The van der Waals surface area contributed by atoms with Crippen molar-refractivity contribution >= 4 is 17.5 Å². The molecule has 1 amide bonds. The van der Waals surface area contributed by atoms with Crippen molar-refractivity contribution in [2.45, 2.75) is 6.54 Å². The fraction of sp³-hybridized carbons (Fsp3) is 0.143. The van der Waals surface area contributed by atoms with E-state index in [-0.39, 0.29) is 5.91 Å². The minimum Gasteiger partial charge on any atom is -0.481 e. The average Bonchev–Trinajstić information content (AvgIpc) is 2.45. The third kappa shape index (κ3) is 3.23. The molecule has 19 heavy (non-hydrogen) atoms. The first-order valence-electron chi connectivity index (χ1n) is 5.73. The maximum absolute atomic E-state index is 12.0. The van der Waals surface area contributed by atoms with Crippen molar-refractivity contribution in [1.29, 1.82) is 0 Å². The Morgan fingerprint density at radius 2 is 2.11 bits per heavy atom. The highest BCUT2D eigenvalue weighted by atomic mass is 35.5. The number of carbonyl (C=O) groups is 1. The van der Waals surface area contributed by atoms with Crippen LogP contribution >= 0.6 is 11.6 Å². The molecule has 0 saturated heterocycles. The van der Waals surface area contributed by atoms with Crippen molar-refractivity contribution in [3.63, 3.8) is 0 Å². The van der Waals surface area contributed by atoms with Gasteiger partial charge in [-0.1, -0.05) is 29.8 Å². The molecule has 98 valence electrons. The average molecular weight is 277 g/mol. The Hall–Kier alpha value is -2.07. The molecule has 4 nitrogen and oxygen atoms in total. The van der Waals surface area contributed by atoms with Crippen molar-refractivity contribution in [2.24, 2.45) is 0 Å². The Kier molecular flexibility index (Phi) is 4.36. The van der Waals surface area contributed by atoms with Gasteiger partial charge in [-0.15, -0.1) is 0 Å². The lowest BCUT2D eigenvalue weighted by molar-refractivity contribution is 0.0951. The molecule has 0 spiro atoms. The molecule has 0 aliphatic rings. The number of methoxy groups -OCH3 is 1. The number of nitrogens with zero attached hydrogens (tertiary/aromatic N) is 1. The summed E-state index contributed by atoms with van der Waals surface area (Å²) in [7, 11) is 1.54. The second-order valence-electron chi connectivity index (χ2n) is 3.83. The number of aromatic nitrogens is 1. The number of halogens is 1. The summed E-state index contributed by atoms with van der Waals surface area (Å²) in [5.41, 5.74) is 1.26. The van der Waals surface area contributed by atoms with Gasteiger partial charge in [0.1, 0.15) is 0 Å². The third-order valence-corrected chi connectivity index (χ3v) is 2.93. The van der Waals surface area contributed by atoms with Gasteiger partial charge in [0.25, 0.3) is 5.91 Å². The Labute approximate surface area is 116 Å². The molecule has 0 fully saturated rings. The van der Waals surface area contributed by atoms with Crippen LogP contribution in [0, 0.1) is 0 Å². The van der Waals surface area contributed by atoms with E-state index in [2.05, 4.69) is 10.3 Å². The van der Waals surface area contributed by atoms with E-state index in [0.717, 1.165) is 5.56 Å². The second-order valence-corrected chi connectivity index (χ2v) is 4.24. The third-order valence-electron chi connectivity index (χ3n) is 2.60. The van der Waals surface area contributed by atoms with Crippen LogP contribution in [0.1, 0.15) is 15.9 Å². The highest BCUT2D eigenvalue weighted by Crippen LogP contribution is 2.16. The zero-order valence-corrected chi connectivity index (χ0v) is 11.1. The quantitative estimate of drug-likeness (QED) is 0.934. The molecule has 0 radical (unpaired) electrons. The molecule has 2 rings (SSSR count). The Morgan fingerprint density at radius 1 is 1.32 bits per heavy atom. The molecular weight excluding hydrogens is 264 g/mol. The van der Waals surface area contributed by atoms with Gasteiger partial charge in [0, 0.05) is 18.3 Å². The fourth-order valence-electron chi connectivity index (χ4n) is 1.66. The topological polar surface area (TPSA) is 51.2 Å². The summed E-state index contributed by atoms with van der Waals surface area (Å²) in [6.07, 6.45) is 1.64. The van der Waals surface area contributed by atoms with E-state index in [1.807, 2.05) is 6.07 Å². The first-order chi connectivity index (χ1) is 9.22. The fourth-order valence-corrected chi connectivity index (χ4v) is 1.88. The molecule has 0 aliphatic carbocycles. The molecule has 1 aromatic carbocycles. The molecule has 0 unspecified atom stereocenters. The number of amides is 1. The number of hydrogen-bond donors (Lipinski definition) is 1. The van der Waals surface area contributed by atoms with Gasteiger partial charge in [-0.2, -0.15) is 0 Å². The molecule has 0 bridgehead atoms. The molecule has 0 aliphatic heterocycles. The molecular formula is C14H13ClN2O2. The van der Waals surface area contributed by atoms with E-state index in [1.54, 1.807) is 43.6 Å². The van der Waals surface area contributed by atoms with E-state index < -0.39 is 0 Å². The van der Waals surface area contributed by atoms with Crippen LogP contribution in [-0.2, 0) is 6.54 Å². The molecule has 1 heterocycles. The highest BCUT2D eigenvalue weighted by Gasteiger charge is 2.10. The number of pyridine rings is 1. The Balaban J connectivity index is 2.07. The normalized spacial score (nSPS) is 10.0. The van der Waals surface area contributed by atoms with Crippen molar-refractivity contribution in [3.8, 4) is 5.88 Å². The number of carbonyl (C=O) groups excluding carboxylic acids is 1. The van der Waals surface area contributed by atoms with Gasteiger partial charge < -0.3 is 10.1 Å². The van der Waals surface area contributed by atoms with Gasteiger partial charge >= 0.3 is 0 Å². The van der Waals surface area contributed by atoms with Crippen molar-refractivity contribution in [2.75, 3.05) is 7.11 Å². The second kappa shape index (κ2) is 6.20. The lowest BCUT2D eigenvalue weighted by Crippen LogP contribution is -2.23. The maximum Gasteiger partial charge on any atom is 0.253 e. The predicted molar refractivity (Wildman–Crippen MR) is 73.4 cm³/mol. The minimum atomic E-state index is -0.225. The van der Waals surface area contributed by atoms with Gasteiger partial charge in [0.05, 0.1) is 17.7 Å². The van der Waals surface area contributed by atoms with E-state index in [1.165, 1.54) is 0 Å². The van der Waals surface area contributed by atoms with Crippen molar-refractivity contribution < 1.29 is 9.53 Å². The van der Waals surface area contributed by atoms with Crippen LogP contribution in [-0.4, -0.2) is 18.0 Å². The summed E-state index contributed by atoms with van der Waals surface area (Å²) in [6.45, 7) is 0.334. The number of benzene rings is 1. The first kappa shape index (κ1) is 13.4. The largest absolute Gasteiger partial charge is 0.481 e. The summed E-state index contributed by atoms with van der Waals surface area (Å²) in [4.78, 5) is 16.0. The lowest BCUT2D eigenvalue weighted by Gasteiger charge is -2.09. The first-order valence-corrected chi connectivity index (χ1v) is 6.11. The van der Waals surface area contributed by atoms with Crippen LogP contribution in [0.25, 0.3) is 0 Å². The summed E-state index contributed by atoms with van der Waals surface area (Å²) < 4.78 is 5.12. The zero-order valence-electron chi connectivity index (χ0n) is 10.4. The van der Waals surface area contributed by atoms with Crippen molar-refractivity contribution in [3.05, 3.63) is 58.7 Å². The monoisotopic (exact) mass is 276 g/mol. The van der Waals surface area contributed by atoms with Gasteiger partial charge in [-0.05, 0) is 18.2 Å². The standard InChI is InChI=1S/C14H13ClN2O2/c1-19-14-10(5-4-8-16-14)9-17-13(18)11-6-2-3-7-12(11)15/h2-8H,9H2,1H3,(H,17,18). The molecule has 2 aromatic rings. The molecule has 1 N–H and O–H groups in total. The zero-order chi connectivity index (χ0) is 13.7. The highest BCUT2D eigenvalue weighted by molar-refractivity contribution is 6.33. The van der Waals surface area contributed by atoms with Crippen LogP contribution in [0.3, 0.4) is 0 Å². The predicted octanol–water partition coefficient (Wildman–Crippen LogP) is 2.67.